The molecule has 1 N–H and O–H groups in total. The molecule has 0 unspecified atom stereocenters. The minimum absolute atomic E-state index is 0.599. The zero-order valence-corrected chi connectivity index (χ0v) is 3.51. The Labute approximate surface area is 39.2 Å². The summed E-state index contributed by atoms with van der Waals surface area (Å²) < 4.78 is 0. The minimum Gasteiger partial charge on any atom is -0.411 e. The molecule has 0 amide bonds. The first-order valence-corrected chi connectivity index (χ1v) is 1.52. The normalized spacial score (nSPS) is 9.50. The fourth-order valence-corrected chi connectivity index (χ4v) is 0.0890. The van der Waals surface area contributed by atoms with Crippen molar-refractivity contribution in [1.82, 2.24) is 0 Å². The summed E-state index contributed by atoms with van der Waals surface area (Å²) in [5, 5.41) is 9.05. The molecule has 34 valence electrons. The average Bonchev–Trinajstić information content (AvgIpc) is 1.35. The molecule has 0 fully saturated rings. The first-order valence-electron chi connectivity index (χ1n) is 1.14. The molecule has 0 aromatic rings. The number of carbonyl (C=O) groups is 1. The van der Waals surface area contributed by atoms with Crippen molar-refractivity contribution in [2.75, 3.05) is 0 Å². The van der Waals surface area contributed by atoms with E-state index < -0.39 is 5.24 Å². The fourth-order valence-electron chi connectivity index (χ4n) is 0.0454. The van der Waals surface area contributed by atoms with Gasteiger partial charge in [-0.2, -0.15) is 0 Å². The second-order valence-electron chi connectivity index (χ2n) is 0.549. The summed E-state index contributed by atoms with van der Waals surface area (Å²) in [7, 11) is 0. The average molecular weight is 107 g/mol. The molecular weight excluding hydrogens is 105 g/mol. The first-order chi connectivity index (χ1) is 2.77. The van der Waals surface area contributed by atoms with Gasteiger partial charge in [0.15, 0.2) is 0 Å². The highest BCUT2D eigenvalue weighted by atomic mass is 35.5. The van der Waals surface area contributed by atoms with E-state index in [9.17, 15) is 4.79 Å². The third-order valence-corrected chi connectivity index (χ3v) is 0.257. The van der Waals surface area contributed by atoms with E-state index in [2.05, 4.69) is 16.8 Å². The molecule has 0 saturated carbocycles. The lowest BCUT2D eigenvalue weighted by atomic mass is 10.9. The van der Waals surface area contributed by atoms with Gasteiger partial charge in [0.2, 0.25) is 0 Å². The van der Waals surface area contributed by atoms with Crippen molar-refractivity contribution in [3.63, 3.8) is 0 Å². The van der Waals surface area contributed by atoms with Gasteiger partial charge in [0, 0.05) is 0 Å². The second-order valence-corrected chi connectivity index (χ2v) is 0.921. The van der Waals surface area contributed by atoms with Crippen LogP contribution in [0.15, 0.2) is 5.16 Å². The molecule has 0 spiro atoms. The Morgan fingerprint density at radius 1 is 2.00 bits per heavy atom. The predicted molar refractivity (Wildman–Crippen MR) is 21.1 cm³/mol. The van der Waals surface area contributed by atoms with Gasteiger partial charge in [-0.1, -0.05) is 5.16 Å². The van der Waals surface area contributed by atoms with E-state index in [4.69, 9.17) is 5.21 Å². The van der Waals surface area contributed by atoms with Gasteiger partial charge < -0.3 is 5.21 Å². The van der Waals surface area contributed by atoms with E-state index in [1.54, 1.807) is 0 Å². The van der Waals surface area contributed by atoms with E-state index >= 15 is 0 Å². The topological polar surface area (TPSA) is 49.7 Å². The number of nitrogens with zero attached hydrogens (tertiary/aromatic N) is 1. The molecule has 0 rings (SSSR count). The van der Waals surface area contributed by atoms with Crippen molar-refractivity contribution in [1.29, 1.82) is 0 Å². The van der Waals surface area contributed by atoms with E-state index in [0.29, 0.717) is 6.21 Å². The van der Waals surface area contributed by atoms with Crippen LogP contribution in [0.1, 0.15) is 0 Å². The molecule has 0 heterocycles. The first kappa shape index (κ1) is 5.43. The van der Waals surface area contributed by atoms with Crippen LogP contribution in [0.2, 0.25) is 0 Å². The standard InChI is InChI=1S/C2H2ClNO2/c3-2(5)1-4-6/h1,6H. The van der Waals surface area contributed by atoms with Crippen LogP contribution >= 0.6 is 11.6 Å². The fraction of sp³-hybridized carbons (Fsp3) is 0. The smallest absolute Gasteiger partial charge is 0.266 e. The van der Waals surface area contributed by atoms with Crippen molar-refractivity contribution < 1.29 is 10.0 Å². The van der Waals surface area contributed by atoms with Gasteiger partial charge in [0.1, 0.15) is 6.21 Å². The van der Waals surface area contributed by atoms with E-state index in [1.165, 1.54) is 0 Å². The molecular formula is C2H2ClNO2. The largest absolute Gasteiger partial charge is 0.411 e. The highest BCUT2D eigenvalue weighted by molar-refractivity contribution is 6.77. The van der Waals surface area contributed by atoms with Gasteiger partial charge in [-0.25, -0.2) is 0 Å². The third kappa shape index (κ3) is 3.43. The zero-order valence-electron chi connectivity index (χ0n) is 2.76. The van der Waals surface area contributed by atoms with Gasteiger partial charge in [0.05, 0.1) is 0 Å². The number of oxime groups is 1. The number of halogens is 1. The van der Waals surface area contributed by atoms with Crippen molar-refractivity contribution in [3.05, 3.63) is 0 Å². The maximum absolute atomic E-state index is 9.50. The van der Waals surface area contributed by atoms with Crippen LogP contribution in [0, 0.1) is 0 Å². The van der Waals surface area contributed by atoms with Crippen molar-refractivity contribution in [2.24, 2.45) is 5.16 Å². The highest BCUT2D eigenvalue weighted by Crippen LogP contribution is 1.69. The summed E-state index contributed by atoms with van der Waals surface area (Å²) in [6.07, 6.45) is 0.599. The van der Waals surface area contributed by atoms with Crippen LogP contribution in [0.3, 0.4) is 0 Å². The highest BCUT2D eigenvalue weighted by Gasteiger charge is 1.80. The van der Waals surface area contributed by atoms with Crippen molar-refractivity contribution in [2.45, 2.75) is 0 Å². The third-order valence-electron chi connectivity index (χ3n) is 0.159. The summed E-state index contributed by atoms with van der Waals surface area (Å²) >= 11 is 4.63. The van der Waals surface area contributed by atoms with E-state index in [1.807, 2.05) is 0 Å². The Morgan fingerprint density at radius 2 is 2.50 bits per heavy atom. The van der Waals surface area contributed by atoms with Crippen LogP contribution < -0.4 is 0 Å². The van der Waals surface area contributed by atoms with E-state index in [-0.39, 0.29) is 0 Å². The van der Waals surface area contributed by atoms with Gasteiger partial charge in [0.25, 0.3) is 5.24 Å². The van der Waals surface area contributed by atoms with Gasteiger partial charge in [-0.15, -0.1) is 0 Å². The maximum Gasteiger partial charge on any atom is 0.266 e. The quantitative estimate of drug-likeness (QED) is 0.225. The van der Waals surface area contributed by atoms with Crippen LogP contribution in [-0.4, -0.2) is 16.7 Å². The molecule has 6 heavy (non-hydrogen) atoms. The molecule has 0 saturated heterocycles. The summed E-state index contributed by atoms with van der Waals surface area (Å²) in [5.41, 5.74) is 0. The Bertz CT molecular complexity index is 79.6. The SMILES string of the molecule is O=C(Cl)C=NO. The second kappa shape index (κ2) is 2.66. The number of carbonyl (C=O) groups excluding carboxylic acids is 1. The van der Waals surface area contributed by atoms with Gasteiger partial charge in [-0.05, 0) is 11.6 Å². The van der Waals surface area contributed by atoms with Crippen molar-refractivity contribution in [3.8, 4) is 0 Å². The molecule has 0 atom stereocenters. The minimum atomic E-state index is -0.780. The molecule has 0 aromatic carbocycles. The predicted octanol–water partition coefficient (Wildman–Crippen LogP) is 0.212. The summed E-state index contributed by atoms with van der Waals surface area (Å²) in [4.78, 5) is 9.50. The number of hydrogen-bond donors (Lipinski definition) is 1. The Kier molecular flexibility index (Phi) is 2.40. The Balaban J connectivity index is 3.30. The van der Waals surface area contributed by atoms with Crippen LogP contribution in [0.4, 0.5) is 0 Å². The summed E-state index contributed by atoms with van der Waals surface area (Å²) in [6, 6.07) is 0. The Hall–Kier alpha value is -0.570. The summed E-state index contributed by atoms with van der Waals surface area (Å²) in [6.45, 7) is 0. The molecule has 0 aliphatic carbocycles. The zero-order chi connectivity index (χ0) is 4.99. The lowest BCUT2D eigenvalue weighted by molar-refractivity contribution is -0.105. The van der Waals surface area contributed by atoms with Crippen LogP contribution in [0.25, 0.3) is 0 Å². The molecule has 0 aliphatic rings. The Morgan fingerprint density at radius 3 is 2.50 bits per heavy atom. The van der Waals surface area contributed by atoms with Crippen molar-refractivity contribution >= 4 is 23.1 Å². The van der Waals surface area contributed by atoms with Crippen LogP contribution in [0.5, 0.6) is 0 Å². The molecule has 0 aliphatic heterocycles. The number of hydrogen-bond acceptors (Lipinski definition) is 3. The van der Waals surface area contributed by atoms with E-state index in [0.717, 1.165) is 0 Å². The molecule has 3 nitrogen and oxygen atoms in total. The number of rotatable bonds is 1. The molecule has 4 heteroatoms. The summed E-state index contributed by atoms with van der Waals surface area (Å²) in [5.74, 6) is 0. The molecule has 0 radical (unpaired) electrons. The van der Waals surface area contributed by atoms with Gasteiger partial charge in [-0.3, -0.25) is 4.79 Å². The monoisotopic (exact) mass is 107 g/mol. The molecule has 0 bridgehead atoms. The lowest BCUT2D eigenvalue weighted by Gasteiger charge is -1.64. The lowest BCUT2D eigenvalue weighted by Crippen LogP contribution is -1.82. The molecule has 0 aromatic heterocycles. The van der Waals surface area contributed by atoms with Gasteiger partial charge >= 0.3 is 0 Å². The van der Waals surface area contributed by atoms with Crippen LogP contribution in [-0.2, 0) is 4.79 Å². The maximum atomic E-state index is 9.50.